The van der Waals surface area contributed by atoms with Crippen LogP contribution in [0.1, 0.15) is 40.5 Å². The summed E-state index contributed by atoms with van der Waals surface area (Å²) in [7, 11) is 3.72. The van der Waals surface area contributed by atoms with Crippen molar-refractivity contribution in [2.24, 2.45) is 0 Å². The Kier molecular flexibility index (Phi) is 5.29. The molecule has 2 aromatic carbocycles. The van der Waals surface area contributed by atoms with Gasteiger partial charge in [-0.3, -0.25) is 0 Å². The molecule has 3 aromatic rings. The Bertz CT molecular complexity index is 1190. The number of hydrogen-bond acceptors (Lipinski definition) is 4. The smallest absolute Gasteiger partial charge is 0.204 e. The highest BCUT2D eigenvalue weighted by molar-refractivity contribution is 5.95. The van der Waals surface area contributed by atoms with E-state index in [1.54, 1.807) is 39.8 Å². The highest BCUT2D eigenvalue weighted by atomic mass is 19.2. The first kappa shape index (κ1) is 22.6. The summed E-state index contributed by atoms with van der Waals surface area (Å²) < 4.78 is 51.1. The van der Waals surface area contributed by atoms with Crippen molar-refractivity contribution in [3.8, 4) is 5.75 Å². The van der Waals surface area contributed by atoms with Crippen molar-refractivity contribution in [1.82, 2.24) is 10.0 Å². The number of anilines is 1. The number of ether oxygens (including phenoxy) is 1. The summed E-state index contributed by atoms with van der Waals surface area (Å²) in [6.45, 7) is 7.00. The molecule has 0 atom stereocenters. The Morgan fingerprint density at radius 1 is 1.00 bits per heavy atom. The maximum atomic E-state index is 15.4. The van der Waals surface area contributed by atoms with E-state index in [1.165, 1.54) is 6.07 Å². The van der Waals surface area contributed by atoms with E-state index in [-0.39, 0.29) is 23.7 Å². The predicted octanol–water partition coefficient (Wildman–Crippen LogP) is 5.62. The predicted molar refractivity (Wildman–Crippen MR) is 118 cm³/mol. The van der Waals surface area contributed by atoms with Crippen LogP contribution >= 0.6 is 0 Å². The molecule has 1 radical (unpaired) electrons. The molecule has 0 spiro atoms. The second-order valence-corrected chi connectivity index (χ2v) is 9.99. The quantitative estimate of drug-likeness (QED) is 0.387. The summed E-state index contributed by atoms with van der Waals surface area (Å²) in [6.07, 6.45) is -0.164. The van der Waals surface area contributed by atoms with Crippen molar-refractivity contribution in [1.29, 1.82) is 0 Å². The number of piperidine rings is 1. The second kappa shape index (κ2) is 7.49. The van der Waals surface area contributed by atoms with E-state index < -0.39 is 40.4 Å². The summed E-state index contributed by atoms with van der Waals surface area (Å²) in [4.78, 5) is 6.13. The Balaban J connectivity index is 1.81. The topological polar surface area (TPSA) is 48.5 Å². The SMILES string of the molecule is CN(C)c1ccc2nc3c(F)c(OC4CC(C)(C)N([O])C(C)(C)C4)c(F)c(F)c3cc2c1. The van der Waals surface area contributed by atoms with Gasteiger partial charge in [-0.1, -0.05) is 0 Å². The number of hydroxylamine groups is 2. The van der Waals surface area contributed by atoms with Crippen LogP contribution in [0.4, 0.5) is 18.9 Å². The highest BCUT2D eigenvalue weighted by Crippen LogP contribution is 2.41. The first-order chi connectivity index (χ1) is 14.8. The van der Waals surface area contributed by atoms with Crippen LogP contribution in [0.25, 0.3) is 21.8 Å². The molecule has 171 valence electrons. The van der Waals surface area contributed by atoms with Gasteiger partial charge in [-0.05, 0) is 52.0 Å². The molecule has 0 aliphatic carbocycles. The maximum Gasteiger partial charge on any atom is 0.204 e. The van der Waals surface area contributed by atoms with Crippen molar-refractivity contribution < 1.29 is 23.1 Å². The first-order valence-electron chi connectivity index (χ1n) is 10.5. The summed E-state index contributed by atoms with van der Waals surface area (Å²) in [6, 6.07) is 6.71. The third kappa shape index (κ3) is 3.65. The van der Waals surface area contributed by atoms with Crippen molar-refractivity contribution in [3.05, 3.63) is 41.7 Å². The van der Waals surface area contributed by atoms with Crippen molar-refractivity contribution >= 4 is 27.5 Å². The molecule has 32 heavy (non-hydrogen) atoms. The van der Waals surface area contributed by atoms with Crippen LogP contribution in [0, 0.1) is 17.5 Å². The van der Waals surface area contributed by atoms with E-state index in [4.69, 9.17) is 4.74 Å². The van der Waals surface area contributed by atoms with Gasteiger partial charge < -0.3 is 9.64 Å². The van der Waals surface area contributed by atoms with Gasteiger partial charge in [0, 0.05) is 54.5 Å². The fourth-order valence-electron chi connectivity index (χ4n) is 4.72. The van der Waals surface area contributed by atoms with Crippen LogP contribution in [0.3, 0.4) is 0 Å². The molecule has 4 rings (SSSR count). The van der Waals surface area contributed by atoms with E-state index in [0.29, 0.717) is 10.9 Å². The molecule has 0 N–H and O–H groups in total. The van der Waals surface area contributed by atoms with Crippen LogP contribution in [0.5, 0.6) is 5.75 Å². The number of halogens is 3. The molecule has 0 saturated carbocycles. The summed E-state index contributed by atoms with van der Waals surface area (Å²) in [5.41, 5.74) is -0.569. The standard InChI is InChI=1S/C24H27F3N3O2/c1-23(2)11-15(12-24(3,4)30(23)31)32-22-19(26)18(25)16-10-13-9-14(29(5)6)7-8-17(13)28-21(16)20(22)27/h7-10,15H,11-12H2,1-6H3. The number of benzene rings is 2. The van der Waals surface area contributed by atoms with E-state index in [1.807, 2.05) is 25.1 Å². The average molecular weight is 446 g/mol. The van der Waals surface area contributed by atoms with Gasteiger partial charge in [0.1, 0.15) is 11.6 Å². The molecule has 0 amide bonds. The normalized spacial score (nSPS) is 18.9. The molecule has 8 heteroatoms. The monoisotopic (exact) mass is 446 g/mol. The van der Waals surface area contributed by atoms with Gasteiger partial charge in [0.2, 0.25) is 5.82 Å². The lowest BCUT2D eigenvalue weighted by atomic mass is 9.80. The van der Waals surface area contributed by atoms with Gasteiger partial charge in [0.15, 0.2) is 17.4 Å². The van der Waals surface area contributed by atoms with E-state index in [0.717, 1.165) is 10.8 Å². The van der Waals surface area contributed by atoms with Gasteiger partial charge in [-0.2, -0.15) is 4.39 Å². The van der Waals surface area contributed by atoms with Crippen LogP contribution in [0.15, 0.2) is 24.3 Å². The van der Waals surface area contributed by atoms with E-state index in [2.05, 4.69) is 4.98 Å². The van der Waals surface area contributed by atoms with Crippen molar-refractivity contribution in [3.63, 3.8) is 0 Å². The summed E-state index contributed by atoms with van der Waals surface area (Å²) >= 11 is 0. The number of nitrogens with zero attached hydrogens (tertiary/aromatic N) is 3. The van der Waals surface area contributed by atoms with Crippen LogP contribution in [-0.4, -0.2) is 41.3 Å². The Labute approximate surface area is 185 Å². The van der Waals surface area contributed by atoms with E-state index >= 15 is 8.78 Å². The largest absolute Gasteiger partial charge is 0.484 e. The molecule has 1 fully saturated rings. The number of hydrogen-bond donors (Lipinski definition) is 0. The molecule has 1 aromatic heterocycles. The second-order valence-electron chi connectivity index (χ2n) is 9.99. The van der Waals surface area contributed by atoms with Gasteiger partial charge in [0.05, 0.1) is 5.52 Å². The third-order valence-electron chi connectivity index (χ3n) is 6.19. The molecular weight excluding hydrogens is 419 g/mol. The maximum absolute atomic E-state index is 15.4. The van der Waals surface area contributed by atoms with Gasteiger partial charge in [-0.25, -0.2) is 13.8 Å². The van der Waals surface area contributed by atoms with Crippen LogP contribution in [-0.2, 0) is 5.21 Å². The van der Waals surface area contributed by atoms with Gasteiger partial charge >= 0.3 is 0 Å². The van der Waals surface area contributed by atoms with Gasteiger partial charge in [0.25, 0.3) is 0 Å². The zero-order valence-corrected chi connectivity index (χ0v) is 19.1. The first-order valence-corrected chi connectivity index (χ1v) is 10.5. The lowest BCUT2D eigenvalue weighted by Crippen LogP contribution is -2.60. The number of pyridine rings is 1. The third-order valence-corrected chi connectivity index (χ3v) is 6.19. The minimum atomic E-state index is -1.39. The zero-order chi connectivity index (χ0) is 23.6. The number of aromatic nitrogens is 1. The van der Waals surface area contributed by atoms with Crippen LogP contribution < -0.4 is 9.64 Å². The number of rotatable bonds is 3. The molecule has 1 saturated heterocycles. The lowest BCUT2D eigenvalue weighted by Gasteiger charge is -2.49. The summed E-state index contributed by atoms with van der Waals surface area (Å²) in [5, 5.41) is 13.9. The highest BCUT2D eigenvalue weighted by Gasteiger charge is 2.47. The van der Waals surface area contributed by atoms with Crippen LogP contribution in [0.2, 0.25) is 0 Å². The Morgan fingerprint density at radius 3 is 2.22 bits per heavy atom. The molecule has 1 aliphatic heterocycles. The van der Waals surface area contributed by atoms with E-state index in [9.17, 15) is 9.60 Å². The minimum absolute atomic E-state index is 0.245. The molecule has 2 heterocycles. The fraction of sp³-hybridized carbons (Fsp3) is 0.458. The molecule has 1 aliphatic rings. The summed E-state index contributed by atoms with van der Waals surface area (Å²) in [5.74, 6) is -4.43. The number of fused-ring (bicyclic) bond motifs is 2. The molecule has 5 nitrogen and oxygen atoms in total. The van der Waals surface area contributed by atoms with Crippen molar-refractivity contribution in [2.45, 2.75) is 57.7 Å². The van der Waals surface area contributed by atoms with Gasteiger partial charge in [-0.15, -0.1) is 10.3 Å². The zero-order valence-electron chi connectivity index (χ0n) is 19.1. The average Bonchev–Trinajstić information content (AvgIpc) is 2.71. The Hall–Kier alpha value is -2.58. The molecular formula is C24H27F3N3O2. The molecule has 0 bridgehead atoms. The Morgan fingerprint density at radius 2 is 1.62 bits per heavy atom. The van der Waals surface area contributed by atoms with Crippen molar-refractivity contribution in [2.75, 3.05) is 19.0 Å². The lowest BCUT2D eigenvalue weighted by molar-refractivity contribution is -0.296. The molecule has 0 unspecified atom stereocenters. The minimum Gasteiger partial charge on any atom is -0.484 e. The fourth-order valence-corrected chi connectivity index (χ4v) is 4.72.